The van der Waals surface area contributed by atoms with E-state index >= 15 is 0 Å². The molecule has 18 heavy (non-hydrogen) atoms. The van der Waals surface area contributed by atoms with Crippen LogP contribution in [0.5, 0.6) is 5.75 Å². The van der Waals surface area contributed by atoms with Crippen LogP contribution in [0.2, 0.25) is 4.34 Å². The number of nitrogens with two attached hydrogens (primary N) is 1. The molecule has 0 bridgehead atoms. The summed E-state index contributed by atoms with van der Waals surface area (Å²) in [7, 11) is 0. The number of rotatable bonds is 4. The highest BCUT2D eigenvalue weighted by Crippen LogP contribution is 2.25. The van der Waals surface area contributed by atoms with E-state index in [9.17, 15) is 0 Å². The van der Waals surface area contributed by atoms with Gasteiger partial charge in [-0.15, -0.1) is 11.3 Å². The molecular weight excluding hydrogens is 266 g/mol. The van der Waals surface area contributed by atoms with Gasteiger partial charge in [0.05, 0.1) is 4.34 Å². The molecule has 0 aliphatic heterocycles. The SMILES string of the molecule is Cc1cc([C@@H](C)N)ccc1OCc1ccc(Cl)s1. The molecule has 1 aromatic carbocycles. The van der Waals surface area contributed by atoms with Crippen molar-refractivity contribution in [2.45, 2.75) is 26.5 Å². The summed E-state index contributed by atoms with van der Waals surface area (Å²) in [5.74, 6) is 0.893. The monoisotopic (exact) mass is 281 g/mol. The average Bonchev–Trinajstić information content (AvgIpc) is 2.73. The fourth-order valence-corrected chi connectivity index (χ4v) is 2.70. The predicted octanol–water partition coefficient (Wildman–Crippen LogP) is 4.31. The van der Waals surface area contributed by atoms with E-state index in [1.165, 1.54) is 0 Å². The fourth-order valence-electron chi connectivity index (χ4n) is 1.70. The predicted molar refractivity (Wildman–Crippen MR) is 77.4 cm³/mol. The van der Waals surface area contributed by atoms with Gasteiger partial charge in [-0.1, -0.05) is 23.7 Å². The standard InChI is InChI=1S/C14H16ClNOS/c1-9-7-11(10(2)16)3-5-13(9)17-8-12-4-6-14(15)18-12/h3-7,10H,8,16H2,1-2H3/t10-/m1/s1. The van der Waals surface area contributed by atoms with Crippen molar-refractivity contribution < 1.29 is 4.74 Å². The van der Waals surface area contributed by atoms with E-state index in [2.05, 4.69) is 6.07 Å². The van der Waals surface area contributed by atoms with Crippen molar-refractivity contribution in [2.75, 3.05) is 0 Å². The van der Waals surface area contributed by atoms with Gasteiger partial charge in [0.2, 0.25) is 0 Å². The van der Waals surface area contributed by atoms with Gasteiger partial charge in [-0.3, -0.25) is 0 Å². The van der Waals surface area contributed by atoms with E-state index in [0.717, 1.165) is 26.1 Å². The van der Waals surface area contributed by atoms with Gasteiger partial charge in [-0.05, 0) is 43.2 Å². The Hall–Kier alpha value is -1.03. The Morgan fingerprint density at radius 2 is 2.11 bits per heavy atom. The second kappa shape index (κ2) is 5.74. The molecule has 1 heterocycles. The van der Waals surface area contributed by atoms with E-state index in [1.54, 1.807) is 11.3 Å². The highest BCUT2D eigenvalue weighted by molar-refractivity contribution is 7.16. The number of hydrogen-bond donors (Lipinski definition) is 1. The van der Waals surface area contributed by atoms with Gasteiger partial charge in [0, 0.05) is 10.9 Å². The van der Waals surface area contributed by atoms with Crippen molar-refractivity contribution in [2.24, 2.45) is 5.73 Å². The van der Waals surface area contributed by atoms with Crippen LogP contribution in [0.3, 0.4) is 0 Å². The minimum atomic E-state index is 0.0499. The smallest absolute Gasteiger partial charge is 0.123 e. The summed E-state index contributed by atoms with van der Waals surface area (Å²) in [5.41, 5.74) is 8.07. The molecule has 0 unspecified atom stereocenters. The lowest BCUT2D eigenvalue weighted by atomic mass is 10.1. The van der Waals surface area contributed by atoms with Gasteiger partial charge in [0.15, 0.2) is 0 Å². The topological polar surface area (TPSA) is 35.2 Å². The quantitative estimate of drug-likeness (QED) is 0.906. The normalized spacial score (nSPS) is 12.4. The summed E-state index contributed by atoms with van der Waals surface area (Å²) in [6, 6.07) is 9.98. The van der Waals surface area contributed by atoms with Crippen LogP contribution in [-0.2, 0) is 6.61 Å². The molecule has 2 nitrogen and oxygen atoms in total. The average molecular weight is 282 g/mol. The lowest BCUT2D eigenvalue weighted by Crippen LogP contribution is -2.05. The molecule has 1 aromatic heterocycles. The van der Waals surface area contributed by atoms with E-state index in [1.807, 2.05) is 38.1 Å². The van der Waals surface area contributed by atoms with E-state index < -0.39 is 0 Å². The van der Waals surface area contributed by atoms with Crippen molar-refractivity contribution in [1.82, 2.24) is 0 Å². The van der Waals surface area contributed by atoms with Gasteiger partial charge < -0.3 is 10.5 Å². The van der Waals surface area contributed by atoms with Crippen LogP contribution in [-0.4, -0.2) is 0 Å². The first-order valence-electron chi connectivity index (χ1n) is 5.79. The summed E-state index contributed by atoms with van der Waals surface area (Å²) in [4.78, 5) is 1.12. The van der Waals surface area contributed by atoms with Gasteiger partial charge in [-0.25, -0.2) is 0 Å². The summed E-state index contributed by atoms with van der Waals surface area (Å²) < 4.78 is 6.57. The minimum absolute atomic E-state index is 0.0499. The van der Waals surface area contributed by atoms with Crippen molar-refractivity contribution in [3.05, 3.63) is 50.7 Å². The Balaban J connectivity index is 2.05. The molecule has 2 N–H and O–H groups in total. The molecule has 2 rings (SSSR count). The Labute approximate surface area is 116 Å². The van der Waals surface area contributed by atoms with Crippen LogP contribution in [0.15, 0.2) is 30.3 Å². The molecule has 4 heteroatoms. The fraction of sp³-hybridized carbons (Fsp3) is 0.286. The van der Waals surface area contributed by atoms with E-state index in [0.29, 0.717) is 6.61 Å². The third-order valence-corrected chi connectivity index (χ3v) is 3.93. The first-order valence-corrected chi connectivity index (χ1v) is 6.99. The number of hydrogen-bond acceptors (Lipinski definition) is 3. The molecule has 1 atom stereocenters. The van der Waals surface area contributed by atoms with Gasteiger partial charge in [0.1, 0.15) is 12.4 Å². The molecule has 0 aliphatic carbocycles. The second-order valence-corrected chi connectivity index (χ2v) is 6.11. The molecule has 96 valence electrons. The highest BCUT2D eigenvalue weighted by atomic mass is 35.5. The third-order valence-electron chi connectivity index (χ3n) is 2.72. The molecule has 0 saturated carbocycles. The van der Waals surface area contributed by atoms with Gasteiger partial charge in [0.25, 0.3) is 0 Å². The maximum absolute atomic E-state index is 5.88. The summed E-state index contributed by atoms with van der Waals surface area (Å²) in [6.45, 7) is 4.56. The Bertz CT molecular complexity index is 536. The van der Waals surface area contributed by atoms with Crippen LogP contribution in [0.4, 0.5) is 0 Å². The zero-order valence-electron chi connectivity index (χ0n) is 10.4. The molecule has 0 amide bonds. The molecular formula is C14H16ClNOS. The van der Waals surface area contributed by atoms with Crippen LogP contribution < -0.4 is 10.5 Å². The first kappa shape index (κ1) is 13.4. The molecule has 2 aromatic rings. The largest absolute Gasteiger partial charge is 0.488 e. The van der Waals surface area contributed by atoms with E-state index in [4.69, 9.17) is 22.1 Å². The van der Waals surface area contributed by atoms with Crippen molar-refractivity contribution >= 4 is 22.9 Å². The van der Waals surface area contributed by atoms with Crippen molar-refractivity contribution in [3.63, 3.8) is 0 Å². The number of thiophene rings is 1. The number of ether oxygens (including phenoxy) is 1. The van der Waals surface area contributed by atoms with Crippen LogP contribution >= 0.6 is 22.9 Å². The maximum Gasteiger partial charge on any atom is 0.123 e. The maximum atomic E-state index is 5.88. The molecule has 0 saturated heterocycles. The Morgan fingerprint density at radius 3 is 2.67 bits per heavy atom. The Kier molecular flexibility index (Phi) is 4.27. The van der Waals surface area contributed by atoms with Crippen LogP contribution in [0.25, 0.3) is 0 Å². The van der Waals surface area contributed by atoms with Crippen LogP contribution in [0, 0.1) is 6.92 Å². The van der Waals surface area contributed by atoms with E-state index in [-0.39, 0.29) is 6.04 Å². The minimum Gasteiger partial charge on any atom is -0.488 e. The first-order chi connectivity index (χ1) is 8.56. The Morgan fingerprint density at radius 1 is 1.33 bits per heavy atom. The molecule has 0 radical (unpaired) electrons. The van der Waals surface area contributed by atoms with Crippen molar-refractivity contribution in [3.8, 4) is 5.75 Å². The summed E-state index contributed by atoms with van der Waals surface area (Å²) >= 11 is 7.42. The third kappa shape index (κ3) is 3.25. The number of halogens is 1. The zero-order valence-corrected chi connectivity index (χ0v) is 12.0. The molecule has 0 fully saturated rings. The second-order valence-electron chi connectivity index (χ2n) is 4.31. The van der Waals surface area contributed by atoms with Crippen LogP contribution in [0.1, 0.15) is 29.0 Å². The lowest BCUT2D eigenvalue weighted by molar-refractivity contribution is 0.307. The molecule has 0 spiro atoms. The number of aryl methyl sites for hydroxylation is 1. The highest BCUT2D eigenvalue weighted by Gasteiger charge is 2.05. The zero-order chi connectivity index (χ0) is 13.1. The summed E-state index contributed by atoms with van der Waals surface area (Å²) in [5, 5.41) is 0. The molecule has 0 aliphatic rings. The summed E-state index contributed by atoms with van der Waals surface area (Å²) in [6.07, 6.45) is 0. The van der Waals surface area contributed by atoms with Gasteiger partial charge >= 0.3 is 0 Å². The lowest BCUT2D eigenvalue weighted by Gasteiger charge is -2.11. The van der Waals surface area contributed by atoms with Gasteiger partial charge in [-0.2, -0.15) is 0 Å². The number of benzene rings is 1. The van der Waals surface area contributed by atoms with Crippen molar-refractivity contribution in [1.29, 1.82) is 0 Å².